The van der Waals surface area contributed by atoms with E-state index in [1.807, 2.05) is 30.3 Å². The highest BCUT2D eigenvalue weighted by atomic mass is 32.1. The normalized spacial score (nSPS) is 13.3. The molecule has 0 fully saturated rings. The van der Waals surface area contributed by atoms with Crippen molar-refractivity contribution in [3.8, 4) is 0 Å². The van der Waals surface area contributed by atoms with Gasteiger partial charge in [0.2, 0.25) is 0 Å². The number of amidine groups is 1. The van der Waals surface area contributed by atoms with Gasteiger partial charge in [-0.05, 0) is 11.1 Å². The summed E-state index contributed by atoms with van der Waals surface area (Å²) in [6.45, 7) is 1.07. The summed E-state index contributed by atoms with van der Waals surface area (Å²) in [5.74, 6) is 0.641. The smallest absolute Gasteiger partial charge is 0.266 e. The number of aromatic nitrogens is 2. The first-order valence-electron chi connectivity index (χ1n) is 8.50. The van der Waals surface area contributed by atoms with Crippen molar-refractivity contribution in [3.63, 3.8) is 0 Å². The molecule has 2 aromatic carbocycles. The van der Waals surface area contributed by atoms with Crippen LogP contribution in [0.2, 0.25) is 0 Å². The highest BCUT2D eigenvalue weighted by molar-refractivity contribution is 7.80. The van der Waals surface area contributed by atoms with Crippen molar-refractivity contribution >= 4 is 24.2 Å². The van der Waals surface area contributed by atoms with E-state index >= 15 is 0 Å². The predicted octanol–water partition coefficient (Wildman–Crippen LogP) is 2.31. The lowest BCUT2D eigenvalue weighted by atomic mass is 10.2. The lowest BCUT2D eigenvalue weighted by Gasteiger charge is -2.18. The number of hydrazone groups is 1. The number of non-ortho nitro benzene ring substituents is 1. The van der Waals surface area contributed by atoms with Crippen LogP contribution in [0.3, 0.4) is 0 Å². The first kappa shape index (κ1) is 18.0. The zero-order valence-electron chi connectivity index (χ0n) is 14.7. The number of hydrogen-bond acceptors (Lipinski definition) is 8. The van der Waals surface area contributed by atoms with Gasteiger partial charge in [-0.1, -0.05) is 42.5 Å². The molecule has 2 heterocycles. The van der Waals surface area contributed by atoms with Crippen molar-refractivity contribution in [1.82, 2.24) is 25.9 Å². The summed E-state index contributed by atoms with van der Waals surface area (Å²) in [5.41, 5.74) is 8.55. The fourth-order valence-corrected chi connectivity index (χ4v) is 3.17. The molecule has 0 saturated heterocycles. The van der Waals surface area contributed by atoms with E-state index in [1.165, 1.54) is 12.1 Å². The van der Waals surface area contributed by atoms with Crippen LogP contribution in [0.25, 0.3) is 0 Å². The summed E-state index contributed by atoms with van der Waals surface area (Å²) < 4.78 is 1.80. The average molecular weight is 395 g/mol. The first-order chi connectivity index (χ1) is 13.6. The Labute approximate surface area is 166 Å². The molecule has 0 bridgehead atoms. The van der Waals surface area contributed by atoms with Crippen LogP contribution in [0.15, 0.2) is 70.9 Å². The van der Waals surface area contributed by atoms with Crippen LogP contribution >= 0.6 is 12.6 Å². The Morgan fingerprint density at radius 3 is 2.46 bits per heavy atom. The number of thiol groups is 1. The zero-order valence-corrected chi connectivity index (χ0v) is 15.6. The Balaban J connectivity index is 1.51. The molecule has 1 aliphatic rings. The van der Waals surface area contributed by atoms with E-state index in [4.69, 9.17) is 0 Å². The van der Waals surface area contributed by atoms with Gasteiger partial charge >= 0.3 is 0 Å². The lowest BCUT2D eigenvalue weighted by Crippen LogP contribution is -2.40. The van der Waals surface area contributed by atoms with Crippen LogP contribution in [0.5, 0.6) is 0 Å². The molecule has 9 nitrogen and oxygen atoms in total. The SMILES string of the molecule is O=[N+]([O-])c1ccc(CN2NNN=C2c2cnn(Cc3ccccc3)c2S)cc1. The molecule has 0 spiro atoms. The molecule has 142 valence electrons. The summed E-state index contributed by atoms with van der Waals surface area (Å²) >= 11 is 4.63. The Kier molecular flexibility index (Phi) is 4.96. The van der Waals surface area contributed by atoms with Crippen LogP contribution in [-0.4, -0.2) is 25.5 Å². The van der Waals surface area contributed by atoms with Crippen molar-refractivity contribution in [2.75, 3.05) is 0 Å². The minimum absolute atomic E-state index is 0.0602. The standard InChI is InChI=1S/C18H17N7O2S/c26-25(27)15-8-6-14(7-9-15)11-23-17(20-21-22-23)16-10-19-24(18(16)28)12-13-4-2-1-3-5-13/h1-10,21-22,28H,11-12H2. The van der Waals surface area contributed by atoms with Crippen LogP contribution < -0.4 is 11.1 Å². The molecule has 0 unspecified atom stereocenters. The summed E-state index contributed by atoms with van der Waals surface area (Å²) in [4.78, 5) is 10.4. The van der Waals surface area contributed by atoms with Crippen molar-refractivity contribution in [3.05, 3.63) is 87.6 Å². The fourth-order valence-electron chi connectivity index (χ4n) is 2.89. The molecule has 10 heteroatoms. The third-order valence-corrected chi connectivity index (χ3v) is 4.79. The van der Waals surface area contributed by atoms with Gasteiger partial charge in [-0.3, -0.25) is 19.8 Å². The van der Waals surface area contributed by atoms with E-state index in [0.29, 0.717) is 24.0 Å². The molecule has 2 N–H and O–H groups in total. The van der Waals surface area contributed by atoms with Crippen molar-refractivity contribution in [2.24, 2.45) is 5.10 Å². The van der Waals surface area contributed by atoms with E-state index in [2.05, 4.69) is 33.9 Å². The Bertz CT molecular complexity index is 1020. The molecule has 0 atom stereocenters. The summed E-state index contributed by atoms with van der Waals surface area (Å²) in [6, 6.07) is 16.4. The molecule has 3 aromatic rings. The molecule has 28 heavy (non-hydrogen) atoms. The quantitative estimate of drug-likeness (QED) is 0.336. The van der Waals surface area contributed by atoms with Crippen molar-refractivity contribution in [2.45, 2.75) is 18.1 Å². The molecule has 0 amide bonds. The Morgan fingerprint density at radius 1 is 1.04 bits per heavy atom. The summed E-state index contributed by atoms with van der Waals surface area (Å²) in [6.07, 6.45) is 1.72. The fraction of sp³-hybridized carbons (Fsp3) is 0.111. The minimum atomic E-state index is -0.416. The summed E-state index contributed by atoms with van der Waals surface area (Å²) in [5, 5.41) is 22.0. The monoisotopic (exact) mass is 395 g/mol. The number of hydrazine groups is 2. The van der Waals surface area contributed by atoms with Gasteiger partial charge in [0.05, 0.1) is 29.8 Å². The highest BCUT2D eigenvalue weighted by Crippen LogP contribution is 2.20. The third-order valence-electron chi connectivity index (χ3n) is 4.32. The van der Waals surface area contributed by atoms with Crippen molar-refractivity contribution < 1.29 is 4.92 Å². The highest BCUT2D eigenvalue weighted by Gasteiger charge is 2.23. The largest absolute Gasteiger partial charge is 0.269 e. The van der Waals surface area contributed by atoms with Gasteiger partial charge in [0.1, 0.15) is 5.03 Å². The number of rotatable bonds is 6. The van der Waals surface area contributed by atoms with E-state index in [1.54, 1.807) is 28.0 Å². The zero-order chi connectivity index (χ0) is 19.5. The van der Waals surface area contributed by atoms with Gasteiger partial charge in [-0.15, -0.1) is 23.3 Å². The Morgan fingerprint density at radius 2 is 1.75 bits per heavy atom. The molecule has 0 saturated carbocycles. The van der Waals surface area contributed by atoms with Crippen LogP contribution in [0.4, 0.5) is 5.69 Å². The minimum Gasteiger partial charge on any atom is -0.266 e. The molecule has 1 aromatic heterocycles. The number of nitrogens with zero attached hydrogens (tertiary/aromatic N) is 5. The molecule has 0 radical (unpaired) electrons. The maximum atomic E-state index is 10.8. The third kappa shape index (κ3) is 3.68. The molecular weight excluding hydrogens is 378 g/mol. The lowest BCUT2D eigenvalue weighted by molar-refractivity contribution is -0.384. The van der Waals surface area contributed by atoms with Gasteiger partial charge in [-0.2, -0.15) is 5.10 Å². The topological polar surface area (TPSA) is 101 Å². The molecule has 4 rings (SSSR count). The predicted molar refractivity (Wildman–Crippen MR) is 106 cm³/mol. The number of nitrogens with one attached hydrogen (secondary N) is 2. The number of nitro groups is 1. The second-order valence-corrected chi connectivity index (χ2v) is 6.62. The number of benzene rings is 2. The van der Waals surface area contributed by atoms with Gasteiger partial charge in [0.25, 0.3) is 5.69 Å². The number of nitro benzene ring substituents is 1. The average Bonchev–Trinajstić information content (AvgIpc) is 3.30. The molecule has 0 aliphatic carbocycles. The van der Waals surface area contributed by atoms with Crippen LogP contribution in [0.1, 0.15) is 16.7 Å². The second kappa shape index (κ2) is 7.71. The first-order valence-corrected chi connectivity index (χ1v) is 8.95. The number of hydrogen-bond donors (Lipinski definition) is 3. The maximum Gasteiger partial charge on any atom is 0.269 e. The van der Waals surface area contributed by atoms with Crippen molar-refractivity contribution in [1.29, 1.82) is 0 Å². The second-order valence-electron chi connectivity index (χ2n) is 6.19. The summed E-state index contributed by atoms with van der Waals surface area (Å²) in [7, 11) is 0. The Hall–Kier alpha value is -3.37. The van der Waals surface area contributed by atoms with E-state index in [9.17, 15) is 10.1 Å². The van der Waals surface area contributed by atoms with Gasteiger partial charge in [0, 0.05) is 12.1 Å². The molecular formula is C18H17N7O2S. The van der Waals surface area contributed by atoms with E-state index < -0.39 is 4.92 Å². The van der Waals surface area contributed by atoms with E-state index in [0.717, 1.165) is 16.7 Å². The van der Waals surface area contributed by atoms with Gasteiger partial charge in [0.15, 0.2) is 5.84 Å². The van der Waals surface area contributed by atoms with Crippen LogP contribution in [0, 0.1) is 10.1 Å². The van der Waals surface area contributed by atoms with Gasteiger partial charge < -0.3 is 0 Å². The maximum absolute atomic E-state index is 10.8. The van der Waals surface area contributed by atoms with Gasteiger partial charge in [-0.25, -0.2) is 5.53 Å². The van der Waals surface area contributed by atoms with Crippen LogP contribution in [-0.2, 0) is 13.1 Å². The molecule has 1 aliphatic heterocycles. The van der Waals surface area contributed by atoms with E-state index in [-0.39, 0.29) is 5.69 Å².